The molecule has 4 aliphatic carbocycles. The van der Waals surface area contributed by atoms with Crippen molar-refractivity contribution in [3.8, 4) is 0 Å². The summed E-state index contributed by atoms with van der Waals surface area (Å²) in [5, 5.41) is 0. The Kier molecular flexibility index (Phi) is 24.0. The molecule has 5 aliphatic rings. The molecule has 5 rings (SSSR count). The van der Waals surface area contributed by atoms with Gasteiger partial charge in [0.05, 0.1) is 45.2 Å². The van der Waals surface area contributed by atoms with E-state index in [9.17, 15) is 0 Å². The van der Waals surface area contributed by atoms with Crippen LogP contribution < -0.4 is 0 Å². The second kappa shape index (κ2) is 28.7. The van der Waals surface area contributed by atoms with Crippen LogP contribution in [-0.2, 0) is 18.9 Å². The summed E-state index contributed by atoms with van der Waals surface area (Å²) in [5.74, 6) is 5.35. The SMILES string of the molecule is CCCCC/C=C\C/C=C\CCCCCCCCOCC(CN1CC=CCC1)OCCOCCO[C@H]1CC[C@@]2(C)C(=CCC3C2CC[C@@]2(C)C3CC[C@@H]2[C@H](C)CCCC(C)C)C1. The van der Waals surface area contributed by atoms with Crippen LogP contribution in [-0.4, -0.2) is 76.4 Å². The molecule has 5 heteroatoms. The molecule has 0 spiro atoms. The maximum atomic E-state index is 6.52. The van der Waals surface area contributed by atoms with Crippen molar-refractivity contribution in [3.05, 3.63) is 48.1 Å². The number of unbranched alkanes of at least 4 members (excludes halogenated alkanes) is 9. The minimum atomic E-state index is 0.0852. The first-order valence-corrected chi connectivity index (χ1v) is 27.0. The van der Waals surface area contributed by atoms with Crippen LogP contribution in [0.4, 0.5) is 0 Å². The van der Waals surface area contributed by atoms with Crippen molar-refractivity contribution in [2.45, 2.75) is 208 Å². The lowest BCUT2D eigenvalue weighted by Crippen LogP contribution is -2.51. The number of ether oxygens (including phenoxy) is 4. The van der Waals surface area contributed by atoms with Gasteiger partial charge in [-0.15, -0.1) is 0 Å². The zero-order valence-corrected chi connectivity index (χ0v) is 41.6. The molecule has 0 radical (unpaired) electrons. The Bertz CT molecular complexity index is 1320. The third kappa shape index (κ3) is 16.6. The summed E-state index contributed by atoms with van der Waals surface area (Å²) in [6.45, 7) is 22.1. The third-order valence-electron chi connectivity index (χ3n) is 16.8. The maximum absolute atomic E-state index is 6.52. The molecule has 3 fully saturated rings. The van der Waals surface area contributed by atoms with Crippen molar-refractivity contribution < 1.29 is 18.9 Å². The fraction of sp³-hybridized carbons (Fsp3) is 0.860. The smallest absolute Gasteiger partial charge is 0.0936 e. The molecule has 0 aromatic heterocycles. The lowest BCUT2D eigenvalue weighted by Gasteiger charge is -2.58. The lowest BCUT2D eigenvalue weighted by atomic mass is 9.47. The summed E-state index contributed by atoms with van der Waals surface area (Å²) in [5.41, 5.74) is 2.67. The monoisotopic (exact) mass is 862 g/mol. The van der Waals surface area contributed by atoms with Gasteiger partial charge in [0.2, 0.25) is 0 Å². The van der Waals surface area contributed by atoms with E-state index in [4.69, 9.17) is 18.9 Å². The Labute approximate surface area is 384 Å². The Morgan fingerprint density at radius 1 is 0.742 bits per heavy atom. The molecule has 1 aliphatic heterocycles. The van der Waals surface area contributed by atoms with Crippen molar-refractivity contribution in [3.63, 3.8) is 0 Å². The number of rotatable bonds is 32. The van der Waals surface area contributed by atoms with Crippen LogP contribution in [0.5, 0.6) is 0 Å². The molecule has 0 amide bonds. The molecule has 0 aromatic rings. The van der Waals surface area contributed by atoms with Crippen LogP contribution in [0.2, 0.25) is 0 Å². The van der Waals surface area contributed by atoms with E-state index in [0.717, 1.165) is 87.4 Å². The zero-order valence-electron chi connectivity index (χ0n) is 41.6. The largest absolute Gasteiger partial charge is 0.379 e. The Hall–Kier alpha value is -1.24. The van der Waals surface area contributed by atoms with Gasteiger partial charge in [0.15, 0.2) is 0 Å². The average Bonchev–Trinajstić information content (AvgIpc) is 3.63. The standard InChI is InChI=1S/C57H99NO4/c1-7-8-9-10-11-12-13-14-15-16-17-18-19-20-21-25-39-60-46-51(45-58-37-23-22-24-38-58)62-43-41-59-40-42-61-50-33-35-56(5)49(44-50)29-30-52-54-32-31-53(48(4)28-26-27-47(2)3)57(54,6)36-34-55(52)56/h11-12,14-15,22-23,29,47-48,50-55H,7-10,13,16-21,24-28,30-46H2,1-6H3/b12-11-,15-14-/t48-,50+,51?,52?,53-,54?,55?,56+,57-/m1/s1. The topological polar surface area (TPSA) is 40.2 Å². The van der Waals surface area contributed by atoms with Gasteiger partial charge < -0.3 is 18.9 Å². The summed E-state index contributed by atoms with van der Waals surface area (Å²) in [6.07, 6.45) is 48.5. The summed E-state index contributed by atoms with van der Waals surface area (Å²) in [6, 6.07) is 0. The van der Waals surface area contributed by atoms with Crippen molar-refractivity contribution in [2.24, 2.45) is 46.3 Å². The molecule has 62 heavy (non-hydrogen) atoms. The second-order valence-electron chi connectivity index (χ2n) is 21.8. The third-order valence-corrected chi connectivity index (χ3v) is 16.8. The first-order chi connectivity index (χ1) is 30.2. The van der Waals surface area contributed by atoms with Gasteiger partial charge >= 0.3 is 0 Å². The van der Waals surface area contributed by atoms with E-state index in [1.165, 1.54) is 128 Å². The zero-order chi connectivity index (χ0) is 43.9. The van der Waals surface area contributed by atoms with Gasteiger partial charge in [-0.2, -0.15) is 0 Å². The molecule has 4 unspecified atom stereocenters. The molecule has 9 atom stereocenters. The van der Waals surface area contributed by atoms with Crippen LogP contribution in [0.1, 0.15) is 196 Å². The van der Waals surface area contributed by atoms with Gasteiger partial charge in [-0.25, -0.2) is 0 Å². The summed E-state index contributed by atoms with van der Waals surface area (Å²) < 4.78 is 25.2. The molecule has 3 saturated carbocycles. The predicted molar refractivity (Wildman–Crippen MR) is 264 cm³/mol. The van der Waals surface area contributed by atoms with E-state index < -0.39 is 0 Å². The summed E-state index contributed by atoms with van der Waals surface area (Å²) >= 11 is 0. The first-order valence-electron chi connectivity index (χ1n) is 27.0. The predicted octanol–water partition coefficient (Wildman–Crippen LogP) is 14.9. The quantitative estimate of drug-likeness (QED) is 0.0498. The minimum absolute atomic E-state index is 0.0852. The van der Waals surface area contributed by atoms with E-state index in [1.807, 2.05) is 0 Å². The van der Waals surface area contributed by atoms with Gasteiger partial charge in [-0.05, 0) is 143 Å². The highest BCUT2D eigenvalue weighted by atomic mass is 16.6. The Balaban J connectivity index is 0.913. The Morgan fingerprint density at radius 3 is 2.29 bits per heavy atom. The van der Waals surface area contributed by atoms with Crippen molar-refractivity contribution in [2.75, 3.05) is 59.3 Å². The minimum Gasteiger partial charge on any atom is -0.379 e. The van der Waals surface area contributed by atoms with Gasteiger partial charge in [0, 0.05) is 26.2 Å². The number of hydrogen-bond acceptors (Lipinski definition) is 5. The highest BCUT2D eigenvalue weighted by Gasteiger charge is 2.59. The molecule has 1 heterocycles. The van der Waals surface area contributed by atoms with Crippen LogP contribution in [0.15, 0.2) is 48.1 Å². The second-order valence-corrected chi connectivity index (χ2v) is 21.8. The van der Waals surface area contributed by atoms with E-state index >= 15 is 0 Å². The van der Waals surface area contributed by atoms with Crippen molar-refractivity contribution in [1.82, 2.24) is 4.90 Å². The van der Waals surface area contributed by atoms with Crippen LogP contribution >= 0.6 is 0 Å². The highest BCUT2D eigenvalue weighted by molar-refractivity contribution is 5.25. The van der Waals surface area contributed by atoms with Crippen molar-refractivity contribution >= 4 is 0 Å². The van der Waals surface area contributed by atoms with E-state index in [1.54, 1.807) is 5.57 Å². The van der Waals surface area contributed by atoms with Crippen LogP contribution in [0.3, 0.4) is 0 Å². The van der Waals surface area contributed by atoms with E-state index in [-0.39, 0.29) is 6.10 Å². The van der Waals surface area contributed by atoms with Crippen molar-refractivity contribution in [1.29, 1.82) is 0 Å². The maximum Gasteiger partial charge on any atom is 0.0936 e. The van der Waals surface area contributed by atoms with Gasteiger partial charge in [0.1, 0.15) is 0 Å². The average molecular weight is 862 g/mol. The first kappa shape index (κ1) is 51.7. The normalized spacial score (nSPS) is 29.9. The van der Waals surface area contributed by atoms with Gasteiger partial charge in [-0.1, -0.05) is 147 Å². The number of fused-ring (bicyclic) bond motifs is 5. The van der Waals surface area contributed by atoms with Gasteiger partial charge in [0.25, 0.3) is 0 Å². The molecule has 5 nitrogen and oxygen atoms in total. The molecule has 0 aromatic carbocycles. The molecule has 356 valence electrons. The fourth-order valence-corrected chi connectivity index (χ4v) is 13.1. The number of allylic oxidation sites excluding steroid dienone is 5. The number of hydrogen-bond donors (Lipinski definition) is 0. The van der Waals surface area contributed by atoms with E-state index in [2.05, 4.69) is 89.0 Å². The lowest BCUT2D eigenvalue weighted by molar-refractivity contribution is -0.0733. The summed E-state index contributed by atoms with van der Waals surface area (Å²) in [7, 11) is 0. The van der Waals surface area contributed by atoms with Crippen LogP contribution in [0.25, 0.3) is 0 Å². The van der Waals surface area contributed by atoms with E-state index in [0.29, 0.717) is 50.0 Å². The van der Waals surface area contributed by atoms with Gasteiger partial charge in [-0.3, -0.25) is 4.90 Å². The highest BCUT2D eigenvalue weighted by Crippen LogP contribution is 2.67. The molecular weight excluding hydrogens is 763 g/mol. The summed E-state index contributed by atoms with van der Waals surface area (Å²) in [4.78, 5) is 2.49. The molecule has 0 N–H and O–H groups in total. The fourth-order valence-electron chi connectivity index (χ4n) is 13.1. The molecule has 0 bridgehead atoms. The molecule has 0 saturated heterocycles. The van der Waals surface area contributed by atoms with Crippen LogP contribution in [0, 0.1) is 46.3 Å². The molecular formula is C57H99NO4. The Morgan fingerprint density at radius 2 is 1.52 bits per heavy atom. The number of nitrogens with zero attached hydrogens (tertiary/aromatic N) is 1.